The number of aliphatic hydroxyl groups is 1. The van der Waals surface area contributed by atoms with Crippen molar-refractivity contribution in [1.29, 1.82) is 0 Å². The van der Waals surface area contributed by atoms with Gasteiger partial charge < -0.3 is 5.11 Å². The fourth-order valence-corrected chi connectivity index (χ4v) is 2.93. The molecule has 0 saturated heterocycles. The summed E-state index contributed by atoms with van der Waals surface area (Å²) in [6.07, 6.45) is 5.27. The van der Waals surface area contributed by atoms with Crippen molar-refractivity contribution in [2.45, 2.75) is 52.1 Å². The SMILES string of the molecule is CC1(C)CCCC(c2cccc(CO)c2)C1. The second kappa shape index (κ2) is 4.58. The summed E-state index contributed by atoms with van der Waals surface area (Å²) in [6, 6.07) is 8.46. The van der Waals surface area contributed by atoms with Gasteiger partial charge in [0.25, 0.3) is 0 Å². The second-order valence-electron chi connectivity index (χ2n) is 5.86. The summed E-state index contributed by atoms with van der Waals surface area (Å²) < 4.78 is 0. The van der Waals surface area contributed by atoms with Gasteiger partial charge in [0.15, 0.2) is 0 Å². The van der Waals surface area contributed by atoms with Crippen molar-refractivity contribution in [2.24, 2.45) is 5.41 Å². The van der Waals surface area contributed by atoms with Crippen LogP contribution in [0.3, 0.4) is 0 Å². The largest absolute Gasteiger partial charge is 0.392 e. The van der Waals surface area contributed by atoms with Gasteiger partial charge in [0, 0.05) is 0 Å². The summed E-state index contributed by atoms with van der Waals surface area (Å²) in [5.41, 5.74) is 2.94. The third-order valence-corrected chi connectivity index (χ3v) is 3.81. The van der Waals surface area contributed by atoms with Crippen molar-refractivity contribution in [3.63, 3.8) is 0 Å². The molecular weight excluding hydrogens is 196 g/mol. The molecule has 0 aromatic heterocycles. The Kier molecular flexibility index (Phi) is 3.34. The fourth-order valence-electron chi connectivity index (χ4n) is 2.93. The van der Waals surface area contributed by atoms with Crippen molar-refractivity contribution in [2.75, 3.05) is 0 Å². The van der Waals surface area contributed by atoms with Gasteiger partial charge in [-0.2, -0.15) is 0 Å². The highest BCUT2D eigenvalue weighted by molar-refractivity contribution is 5.26. The maximum absolute atomic E-state index is 9.16. The summed E-state index contributed by atoms with van der Waals surface area (Å²) >= 11 is 0. The molecular formula is C15H22O. The lowest BCUT2D eigenvalue weighted by Crippen LogP contribution is -2.21. The second-order valence-corrected chi connectivity index (χ2v) is 5.86. The molecule has 16 heavy (non-hydrogen) atoms. The van der Waals surface area contributed by atoms with Crippen LogP contribution in [0.25, 0.3) is 0 Å². The molecule has 0 radical (unpaired) electrons. The Balaban J connectivity index is 2.16. The third kappa shape index (κ3) is 2.65. The number of hydrogen-bond acceptors (Lipinski definition) is 1. The minimum atomic E-state index is 0.157. The topological polar surface area (TPSA) is 20.2 Å². The van der Waals surface area contributed by atoms with Crippen LogP contribution in [-0.2, 0) is 6.61 Å². The van der Waals surface area contributed by atoms with Gasteiger partial charge in [-0.3, -0.25) is 0 Å². The van der Waals surface area contributed by atoms with Crippen LogP contribution < -0.4 is 0 Å². The molecule has 1 heteroatoms. The smallest absolute Gasteiger partial charge is 0.0681 e. The Morgan fingerprint density at radius 2 is 2.19 bits per heavy atom. The van der Waals surface area contributed by atoms with E-state index in [1.54, 1.807) is 0 Å². The number of benzene rings is 1. The van der Waals surface area contributed by atoms with Crippen LogP contribution in [0.2, 0.25) is 0 Å². The van der Waals surface area contributed by atoms with E-state index in [9.17, 15) is 0 Å². The molecule has 1 unspecified atom stereocenters. The molecule has 2 rings (SSSR count). The minimum Gasteiger partial charge on any atom is -0.392 e. The summed E-state index contributed by atoms with van der Waals surface area (Å²) in [5, 5.41) is 9.16. The molecule has 0 amide bonds. The Labute approximate surface area is 98.5 Å². The molecule has 88 valence electrons. The van der Waals surface area contributed by atoms with E-state index in [1.165, 1.54) is 31.2 Å². The summed E-state index contributed by atoms with van der Waals surface area (Å²) in [6.45, 7) is 4.90. The normalized spacial score (nSPS) is 24.3. The molecule has 0 aliphatic heterocycles. The average molecular weight is 218 g/mol. The predicted octanol–water partition coefficient (Wildman–Crippen LogP) is 3.86. The Morgan fingerprint density at radius 1 is 1.38 bits per heavy atom. The fraction of sp³-hybridized carbons (Fsp3) is 0.600. The Bertz CT molecular complexity index is 354. The number of aliphatic hydroxyl groups excluding tert-OH is 1. The van der Waals surface area contributed by atoms with Crippen LogP contribution in [-0.4, -0.2) is 5.11 Å². The molecule has 1 atom stereocenters. The van der Waals surface area contributed by atoms with Crippen LogP contribution in [0.4, 0.5) is 0 Å². The lowest BCUT2D eigenvalue weighted by atomic mass is 9.70. The van der Waals surface area contributed by atoms with Gasteiger partial charge in [0.1, 0.15) is 0 Å². The first-order valence-corrected chi connectivity index (χ1v) is 6.30. The molecule has 1 N–H and O–H groups in total. The van der Waals surface area contributed by atoms with E-state index in [2.05, 4.69) is 32.0 Å². The first-order valence-electron chi connectivity index (χ1n) is 6.30. The monoisotopic (exact) mass is 218 g/mol. The molecule has 1 fully saturated rings. The van der Waals surface area contributed by atoms with Crippen molar-refractivity contribution in [3.05, 3.63) is 35.4 Å². The zero-order chi connectivity index (χ0) is 11.6. The van der Waals surface area contributed by atoms with Crippen molar-refractivity contribution in [3.8, 4) is 0 Å². The van der Waals surface area contributed by atoms with Crippen LogP contribution in [0.5, 0.6) is 0 Å². The van der Waals surface area contributed by atoms with Crippen molar-refractivity contribution in [1.82, 2.24) is 0 Å². The van der Waals surface area contributed by atoms with E-state index in [4.69, 9.17) is 5.11 Å². The van der Waals surface area contributed by atoms with Gasteiger partial charge in [-0.15, -0.1) is 0 Å². The van der Waals surface area contributed by atoms with Crippen molar-refractivity contribution < 1.29 is 5.11 Å². The molecule has 1 nitrogen and oxygen atoms in total. The van der Waals surface area contributed by atoms with E-state index in [0.717, 1.165) is 5.56 Å². The standard InChI is InChI=1S/C15H22O/c1-15(2)8-4-7-14(10-15)13-6-3-5-12(9-13)11-16/h3,5-6,9,14,16H,4,7-8,10-11H2,1-2H3. The van der Waals surface area contributed by atoms with E-state index < -0.39 is 0 Å². The van der Waals surface area contributed by atoms with Crippen LogP contribution in [0, 0.1) is 5.41 Å². The zero-order valence-corrected chi connectivity index (χ0v) is 10.4. The molecule has 1 aromatic rings. The van der Waals surface area contributed by atoms with Gasteiger partial charge in [0.05, 0.1) is 6.61 Å². The van der Waals surface area contributed by atoms with Crippen LogP contribution in [0.15, 0.2) is 24.3 Å². The Hall–Kier alpha value is -0.820. The molecule has 0 spiro atoms. The van der Waals surface area contributed by atoms with Gasteiger partial charge in [-0.1, -0.05) is 44.5 Å². The first kappa shape index (κ1) is 11.7. The summed E-state index contributed by atoms with van der Waals surface area (Å²) in [5.74, 6) is 0.690. The number of rotatable bonds is 2. The average Bonchev–Trinajstić information content (AvgIpc) is 2.28. The molecule has 1 aliphatic carbocycles. The number of hydrogen-bond donors (Lipinski definition) is 1. The van der Waals surface area contributed by atoms with E-state index in [1.807, 2.05) is 6.07 Å². The molecule has 0 bridgehead atoms. The van der Waals surface area contributed by atoms with Gasteiger partial charge in [0.2, 0.25) is 0 Å². The highest BCUT2D eigenvalue weighted by Gasteiger charge is 2.28. The Morgan fingerprint density at radius 3 is 2.88 bits per heavy atom. The third-order valence-electron chi connectivity index (χ3n) is 3.81. The van der Waals surface area contributed by atoms with E-state index in [0.29, 0.717) is 11.3 Å². The molecule has 0 heterocycles. The van der Waals surface area contributed by atoms with E-state index >= 15 is 0 Å². The maximum Gasteiger partial charge on any atom is 0.0681 e. The van der Waals surface area contributed by atoms with Gasteiger partial charge in [-0.05, 0) is 41.7 Å². The van der Waals surface area contributed by atoms with Gasteiger partial charge in [-0.25, -0.2) is 0 Å². The first-order chi connectivity index (χ1) is 7.61. The van der Waals surface area contributed by atoms with Gasteiger partial charge >= 0.3 is 0 Å². The summed E-state index contributed by atoms with van der Waals surface area (Å²) in [4.78, 5) is 0. The quantitative estimate of drug-likeness (QED) is 0.799. The van der Waals surface area contributed by atoms with E-state index in [-0.39, 0.29) is 6.61 Å². The highest BCUT2D eigenvalue weighted by Crippen LogP contribution is 2.43. The van der Waals surface area contributed by atoms with Crippen LogP contribution in [0.1, 0.15) is 56.6 Å². The zero-order valence-electron chi connectivity index (χ0n) is 10.4. The summed E-state index contributed by atoms with van der Waals surface area (Å²) in [7, 11) is 0. The molecule has 1 aromatic carbocycles. The lowest BCUT2D eigenvalue weighted by molar-refractivity contribution is 0.219. The molecule has 1 aliphatic rings. The molecule has 1 saturated carbocycles. The van der Waals surface area contributed by atoms with Crippen LogP contribution >= 0.6 is 0 Å². The van der Waals surface area contributed by atoms with Crippen molar-refractivity contribution >= 4 is 0 Å². The minimum absolute atomic E-state index is 0.157. The lowest BCUT2D eigenvalue weighted by Gasteiger charge is -2.35. The predicted molar refractivity (Wildman–Crippen MR) is 67.4 cm³/mol. The highest BCUT2D eigenvalue weighted by atomic mass is 16.3. The maximum atomic E-state index is 9.16.